The number of hydrogen-bond donors (Lipinski definition) is 2. The number of aliphatic hydroxyl groups is 1. The first-order valence-electron chi connectivity index (χ1n) is 10.5. The van der Waals surface area contributed by atoms with Crippen LogP contribution in [0.2, 0.25) is 11.1 Å². The van der Waals surface area contributed by atoms with E-state index in [2.05, 4.69) is 11.6 Å². The zero-order chi connectivity index (χ0) is 25.0. The number of rotatable bonds is 11. The second kappa shape index (κ2) is 10.8. The molecular weight excluding hydrogens is 460 g/mol. The van der Waals surface area contributed by atoms with Crippen LogP contribution in [-0.4, -0.2) is 67.1 Å². The van der Waals surface area contributed by atoms with E-state index in [9.17, 15) is 23.5 Å². The minimum absolute atomic E-state index is 0.0296. The number of nitrogens with zero attached hydrogens (tertiary/aromatic N) is 2. The lowest BCUT2D eigenvalue weighted by Crippen LogP contribution is -2.51. The van der Waals surface area contributed by atoms with Crippen molar-refractivity contribution in [2.75, 3.05) is 25.6 Å². The van der Waals surface area contributed by atoms with Gasteiger partial charge in [-0.25, -0.2) is 9.59 Å². The van der Waals surface area contributed by atoms with Gasteiger partial charge in [-0.15, -0.1) is 0 Å². The number of anilines is 1. The molecule has 1 aliphatic rings. The molecule has 2 heterocycles. The predicted molar refractivity (Wildman–Crippen MR) is 117 cm³/mol. The lowest BCUT2D eigenvalue weighted by molar-refractivity contribution is -0.141. The number of nitrogens with two attached hydrogens (primary N) is 1. The largest absolute Gasteiger partial charge is 0.460 e. The highest BCUT2D eigenvalue weighted by Crippen LogP contribution is 2.43. The molecule has 1 aliphatic heterocycles. The molecule has 1 saturated heterocycles. The zero-order valence-corrected chi connectivity index (χ0v) is 20.1. The maximum atomic E-state index is 14.8. The summed E-state index contributed by atoms with van der Waals surface area (Å²) in [6, 6.07) is 1.18. The van der Waals surface area contributed by atoms with Gasteiger partial charge in [-0.3, -0.25) is 4.57 Å². The fourth-order valence-electron chi connectivity index (χ4n) is 3.70. The topological polar surface area (TPSA) is 135 Å². The summed E-state index contributed by atoms with van der Waals surface area (Å²) < 4.78 is 52.6. The molecule has 0 radical (unpaired) electrons. The third kappa shape index (κ3) is 5.84. The quantitative estimate of drug-likeness (QED) is 0.205. The number of nitrogen functional groups attached to an aromatic ring is 1. The van der Waals surface area contributed by atoms with Gasteiger partial charge in [-0.2, -0.15) is 13.8 Å². The lowest BCUT2D eigenvalue weighted by atomic mass is 10.1. The molecule has 3 N–H and O–H groups in total. The molecule has 0 spiro atoms. The first-order valence-corrected chi connectivity index (χ1v) is 12.5. The molecule has 0 saturated carbocycles. The number of aliphatic hydroxyl groups excluding tert-OH is 1. The molecule has 0 bridgehead atoms. The van der Waals surface area contributed by atoms with E-state index in [1.165, 1.54) is 6.07 Å². The summed E-state index contributed by atoms with van der Waals surface area (Å²) in [4.78, 5) is 26.7. The fourth-order valence-corrected chi connectivity index (χ4v) is 7.28. The van der Waals surface area contributed by atoms with Crippen molar-refractivity contribution in [2.24, 2.45) is 0 Å². The number of carbonyl (C=O) groups is 1. The Morgan fingerprint density at radius 2 is 2.00 bits per heavy atom. The SMILES string of the molecule is C=CC(=O)OCCO[Si](OCC1OC(n2ccc(N)nc2=O)C(F)(F)C1O)(C(C)C)C(C)C. The molecule has 10 nitrogen and oxygen atoms in total. The number of hydrogen-bond acceptors (Lipinski definition) is 9. The minimum atomic E-state index is -3.78. The van der Waals surface area contributed by atoms with Crippen molar-refractivity contribution in [2.45, 2.75) is 63.1 Å². The van der Waals surface area contributed by atoms with E-state index in [-0.39, 0.29) is 36.7 Å². The predicted octanol–water partition coefficient (Wildman–Crippen LogP) is 1.74. The first-order chi connectivity index (χ1) is 15.4. The highest BCUT2D eigenvalue weighted by Gasteiger charge is 2.60. The normalized spacial score (nSPS) is 22.6. The average Bonchev–Trinajstić information content (AvgIpc) is 2.96. The van der Waals surface area contributed by atoms with Crippen LogP contribution in [0.5, 0.6) is 0 Å². The van der Waals surface area contributed by atoms with Gasteiger partial charge in [0.15, 0.2) is 6.10 Å². The third-order valence-electron chi connectivity index (χ3n) is 5.39. The van der Waals surface area contributed by atoms with E-state index < -0.39 is 44.6 Å². The number of halogens is 2. The third-order valence-corrected chi connectivity index (χ3v) is 9.88. The second-order valence-corrected chi connectivity index (χ2v) is 12.6. The lowest BCUT2D eigenvalue weighted by Gasteiger charge is -2.38. The zero-order valence-electron chi connectivity index (χ0n) is 19.1. The Balaban J connectivity index is 2.16. The van der Waals surface area contributed by atoms with E-state index in [4.69, 9.17) is 24.1 Å². The molecular formula is C20H31F2N3O7Si. The van der Waals surface area contributed by atoms with Crippen LogP contribution in [0.15, 0.2) is 29.7 Å². The van der Waals surface area contributed by atoms with Crippen LogP contribution < -0.4 is 11.4 Å². The van der Waals surface area contributed by atoms with Crippen molar-refractivity contribution in [1.82, 2.24) is 9.55 Å². The number of esters is 1. The van der Waals surface area contributed by atoms with Crippen LogP contribution in [0.25, 0.3) is 0 Å². The summed E-state index contributed by atoms with van der Waals surface area (Å²) in [5.74, 6) is -4.50. The Morgan fingerprint density at radius 3 is 2.55 bits per heavy atom. The molecule has 0 aromatic carbocycles. The highest BCUT2D eigenvalue weighted by atomic mass is 28.4. The van der Waals surface area contributed by atoms with E-state index in [0.717, 1.165) is 12.3 Å². The van der Waals surface area contributed by atoms with Crippen LogP contribution in [0.1, 0.15) is 33.9 Å². The number of alkyl halides is 2. The van der Waals surface area contributed by atoms with Crippen LogP contribution in [-0.2, 0) is 23.1 Å². The Morgan fingerprint density at radius 1 is 1.36 bits per heavy atom. The van der Waals surface area contributed by atoms with Crippen molar-refractivity contribution in [3.8, 4) is 0 Å². The summed E-state index contributed by atoms with van der Waals surface area (Å²) in [6.45, 7) is 10.5. The molecule has 13 heteroatoms. The van der Waals surface area contributed by atoms with Crippen molar-refractivity contribution < 1.29 is 37.0 Å². The van der Waals surface area contributed by atoms with Crippen LogP contribution >= 0.6 is 0 Å². The van der Waals surface area contributed by atoms with Gasteiger partial charge < -0.3 is 29.2 Å². The molecule has 3 unspecified atom stereocenters. The molecule has 1 aromatic heterocycles. The van der Waals surface area contributed by atoms with E-state index in [0.29, 0.717) is 4.57 Å². The van der Waals surface area contributed by atoms with Gasteiger partial charge in [0, 0.05) is 12.3 Å². The highest BCUT2D eigenvalue weighted by molar-refractivity contribution is 6.70. The molecule has 1 aromatic rings. The van der Waals surface area contributed by atoms with Gasteiger partial charge in [0.05, 0.1) is 13.2 Å². The van der Waals surface area contributed by atoms with Crippen molar-refractivity contribution in [3.63, 3.8) is 0 Å². The number of ether oxygens (including phenoxy) is 2. The molecule has 2 rings (SSSR count). The van der Waals surface area contributed by atoms with Crippen LogP contribution in [0.4, 0.5) is 14.6 Å². The van der Waals surface area contributed by atoms with E-state index in [1.54, 1.807) is 0 Å². The summed E-state index contributed by atoms with van der Waals surface area (Å²) in [5, 5.41) is 10.3. The Labute approximate surface area is 191 Å². The first kappa shape index (κ1) is 27.1. The molecule has 33 heavy (non-hydrogen) atoms. The minimum Gasteiger partial charge on any atom is -0.460 e. The average molecular weight is 492 g/mol. The van der Waals surface area contributed by atoms with E-state index in [1.807, 2.05) is 27.7 Å². The smallest absolute Gasteiger partial charge is 0.351 e. The maximum Gasteiger partial charge on any atom is 0.351 e. The summed E-state index contributed by atoms with van der Waals surface area (Å²) in [6.07, 6.45) is -3.67. The van der Waals surface area contributed by atoms with E-state index >= 15 is 0 Å². The number of carbonyl (C=O) groups excluding carboxylic acids is 1. The Kier molecular flexibility index (Phi) is 8.87. The van der Waals surface area contributed by atoms with Gasteiger partial charge in [0.1, 0.15) is 18.5 Å². The molecule has 186 valence electrons. The van der Waals surface area contributed by atoms with Gasteiger partial charge in [-0.05, 0) is 17.1 Å². The molecule has 1 fully saturated rings. The fraction of sp³-hybridized carbons (Fsp3) is 0.650. The van der Waals surface area contributed by atoms with Crippen LogP contribution in [0, 0.1) is 0 Å². The molecule has 3 atom stereocenters. The van der Waals surface area contributed by atoms with Crippen molar-refractivity contribution >= 4 is 20.3 Å². The van der Waals surface area contributed by atoms with Crippen molar-refractivity contribution in [1.29, 1.82) is 0 Å². The molecule has 0 amide bonds. The Hall–Kier alpha value is -2.19. The van der Waals surface area contributed by atoms with Gasteiger partial charge in [0.25, 0.3) is 0 Å². The molecule has 0 aliphatic carbocycles. The standard InChI is InChI=1S/C20H31F2N3O7Si/c1-6-16(26)29-9-10-30-33(12(2)3,13(4)5)31-11-14-17(27)20(21,22)18(32-14)25-8-7-15(23)24-19(25)28/h6-8,12-14,17-18,27H,1,9-11H2,2-5H3,(H2,23,24,28). The second-order valence-electron chi connectivity index (χ2n) is 8.25. The van der Waals surface area contributed by atoms with Crippen molar-refractivity contribution in [3.05, 3.63) is 35.4 Å². The summed E-state index contributed by atoms with van der Waals surface area (Å²) in [5.41, 5.74) is 4.17. The summed E-state index contributed by atoms with van der Waals surface area (Å²) >= 11 is 0. The number of aromatic nitrogens is 2. The van der Waals surface area contributed by atoms with Gasteiger partial charge in [0.2, 0.25) is 6.23 Å². The summed E-state index contributed by atoms with van der Waals surface area (Å²) in [7, 11) is -3.05. The van der Waals surface area contributed by atoms with Gasteiger partial charge in [-0.1, -0.05) is 34.3 Å². The van der Waals surface area contributed by atoms with Gasteiger partial charge >= 0.3 is 26.1 Å². The Bertz CT molecular complexity index is 889. The van der Waals surface area contributed by atoms with Crippen LogP contribution in [0.3, 0.4) is 0 Å². The maximum absolute atomic E-state index is 14.8. The monoisotopic (exact) mass is 491 g/mol.